The van der Waals surface area contributed by atoms with Gasteiger partial charge in [-0.1, -0.05) is 6.07 Å². The fraction of sp³-hybridized carbons (Fsp3) is 0.455. The maximum atomic E-state index is 13.5. The van der Waals surface area contributed by atoms with Crippen molar-refractivity contribution in [3.05, 3.63) is 29.6 Å². The molecule has 4 heteroatoms. The van der Waals surface area contributed by atoms with Crippen LogP contribution in [-0.2, 0) is 6.54 Å². The Balaban J connectivity index is 2.99. The van der Waals surface area contributed by atoms with Crippen molar-refractivity contribution in [1.82, 2.24) is 5.32 Å². The molecule has 3 nitrogen and oxygen atoms in total. The monoisotopic (exact) mass is 212 g/mol. The Kier molecular flexibility index (Phi) is 4.52. The van der Waals surface area contributed by atoms with Crippen LogP contribution in [0.4, 0.5) is 10.1 Å². The van der Waals surface area contributed by atoms with E-state index in [1.54, 1.807) is 13.1 Å². The van der Waals surface area contributed by atoms with Gasteiger partial charge in [0.1, 0.15) is 5.82 Å². The average Bonchev–Trinajstić information content (AvgIpc) is 2.21. The zero-order valence-corrected chi connectivity index (χ0v) is 9.13. The molecular weight excluding hydrogens is 195 g/mol. The number of hydrogen-bond donors (Lipinski definition) is 2. The van der Waals surface area contributed by atoms with Crippen molar-refractivity contribution >= 4 is 5.69 Å². The quantitative estimate of drug-likeness (QED) is 0.763. The molecule has 1 aromatic rings. The molecule has 0 amide bonds. The molecule has 1 rings (SSSR count). The summed E-state index contributed by atoms with van der Waals surface area (Å²) in [5, 5.41) is 11.8. The van der Waals surface area contributed by atoms with E-state index in [9.17, 15) is 4.39 Å². The first-order chi connectivity index (χ1) is 7.20. The number of nitrogens with one attached hydrogen (secondary N) is 1. The van der Waals surface area contributed by atoms with Gasteiger partial charge in [-0.05, 0) is 19.2 Å². The minimum absolute atomic E-state index is 0.0615. The van der Waals surface area contributed by atoms with Crippen LogP contribution in [0.3, 0.4) is 0 Å². The largest absolute Gasteiger partial charge is 0.395 e. The van der Waals surface area contributed by atoms with E-state index >= 15 is 0 Å². The second-order valence-electron chi connectivity index (χ2n) is 3.41. The second kappa shape index (κ2) is 5.68. The van der Waals surface area contributed by atoms with E-state index in [1.165, 1.54) is 6.07 Å². The highest BCUT2D eigenvalue weighted by molar-refractivity contribution is 5.53. The number of aliphatic hydroxyl groups is 1. The minimum Gasteiger partial charge on any atom is -0.395 e. The molecule has 0 radical (unpaired) electrons. The Hall–Kier alpha value is -1.13. The zero-order chi connectivity index (χ0) is 11.3. The number of benzene rings is 1. The summed E-state index contributed by atoms with van der Waals surface area (Å²) < 4.78 is 13.5. The fourth-order valence-corrected chi connectivity index (χ4v) is 1.53. The van der Waals surface area contributed by atoms with Gasteiger partial charge in [-0.3, -0.25) is 0 Å². The highest BCUT2D eigenvalue weighted by atomic mass is 19.1. The summed E-state index contributed by atoms with van der Waals surface area (Å²) in [5.41, 5.74) is 1.45. The Labute approximate surface area is 89.5 Å². The SMILES string of the molecule is CNCc1c(F)cccc1N(C)CCO. The summed E-state index contributed by atoms with van der Waals surface area (Å²) in [7, 11) is 3.62. The summed E-state index contributed by atoms with van der Waals surface area (Å²) in [4.78, 5) is 1.84. The van der Waals surface area contributed by atoms with E-state index in [-0.39, 0.29) is 12.4 Å². The maximum Gasteiger partial charge on any atom is 0.129 e. The van der Waals surface area contributed by atoms with Gasteiger partial charge >= 0.3 is 0 Å². The summed E-state index contributed by atoms with van der Waals surface area (Å²) in [5.74, 6) is -0.216. The molecule has 84 valence electrons. The smallest absolute Gasteiger partial charge is 0.129 e. The van der Waals surface area contributed by atoms with Crippen molar-refractivity contribution in [3.63, 3.8) is 0 Å². The Morgan fingerprint density at radius 2 is 2.20 bits per heavy atom. The molecule has 0 unspecified atom stereocenters. The van der Waals surface area contributed by atoms with Gasteiger partial charge in [0.05, 0.1) is 6.61 Å². The van der Waals surface area contributed by atoms with Crippen molar-refractivity contribution in [1.29, 1.82) is 0 Å². The van der Waals surface area contributed by atoms with Gasteiger partial charge in [0, 0.05) is 31.4 Å². The number of halogens is 1. The predicted octanol–water partition coefficient (Wildman–Crippen LogP) is 0.974. The summed E-state index contributed by atoms with van der Waals surface area (Å²) in [6.07, 6.45) is 0. The third-order valence-electron chi connectivity index (χ3n) is 2.29. The third-order valence-corrected chi connectivity index (χ3v) is 2.29. The molecule has 0 aliphatic rings. The van der Waals surface area contributed by atoms with E-state index < -0.39 is 0 Å². The van der Waals surface area contributed by atoms with Crippen LogP contribution in [0.5, 0.6) is 0 Å². The summed E-state index contributed by atoms with van der Waals surface area (Å²) in [6.45, 7) is 1.05. The van der Waals surface area contributed by atoms with Gasteiger partial charge in [0.25, 0.3) is 0 Å². The Morgan fingerprint density at radius 1 is 1.47 bits per heavy atom. The first-order valence-electron chi connectivity index (χ1n) is 4.94. The topological polar surface area (TPSA) is 35.5 Å². The van der Waals surface area contributed by atoms with Crippen LogP contribution in [0.25, 0.3) is 0 Å². The van der Waals surface area contributed by atoms with E-state index in [1.807, 2.05) is 18.0 Å². The lowest BCUT2D eigenvalue weighted by molar-refractivity contribution is 0.304. The zero-order valence-electron chi connectivity index (χ0n) is 9.13. The number of aliphatic hydroxyl groups excluding tert-OH is 1. The van der Waals surface area contributed by atoms with Gasteiger partial charge in [0.15, 0.2) is 0 Å². The maximum absolute atomic E-state index is 13.5. The molecule has 0 bridgehead atoms. The lowest BCUT2D eigenvalue weighted by Crippen LogP contribution is -2.24. The van der Waals surface area contributed by atoms with Crippen LogP contribution < -0.4 is 10.2 Å². The van der Waals surface area contributed by atoms with Crippen LogP contribution in [0.1, 0.15) is 5.56 Å². The first-order valence-corrected chi connectivity index (χ1v) is 4.94. The number of anilines is 1. The van der Waals surface area contributed by atoms with Gasteiger partial charge in [-0.15, -0.1) is 0 Å². The lowest BCUT2D eigenvalue weighted by atomic mass is 10.1. The van der Waals surface area contributed by atoms with Crippen LogP contribution in [0, 0.1) is 5.82 Å². The first kappa shape index (κ1) is 11.9. The molecule has 0 fully saturated rings. The molecule has 0 saturated heterocycles. The van der Waals surface area contributed by atoms with Crippen molar-refractivity contribution in [2.45, 2.75) is 6.54 Å². The molecule has 0 aromatic heterocycles. The van der Waals surface area contributed by atoms with Crippen LogP contribution in [0.2, 0.25) is 0 Å². The molecule has 0 aliphatic carbocycles. The molecule has 1 aromatic carbocycles. The van der Waals surface area contributed by atoms with Gasteiger partial charge in [0.2, 0.25) is 0 Å². The number of likely N-dealkylation sites (N-methyl/N-ethyl adjacent to an activating group) is 1. The molecule has 2 N–H and O–H groups in total. The molecule has 0 saturated carbocycles. The Morgan fingerprint density at radius 3 is 2.80 bits per heavy atom. The Bertz CT molecular complexity index is 317. The molecule has 15 heavy (non-hydrogen) atoms. The summed E-state index contributed by atoms with van der Waals surface area (Å²) in [6, 6.07) is 4.98. The molecule has 0 atom stereocenters. The molecule has 0 heterocycles. The van der Waals surface area contributed by atoms with Crippen LogP contribution in [0.15, 0.2) is 18.2 Å². The van der Waals surface area contributed by atoms with Crippen LogP contribution in [-0.4, -0.2) is 32.4 Å². The van der Waals surface area contributed by atoms with E-state index in [0.29, 0.717) is 18.7 Å². The van der Waals surface area contributed by atoms with Crippen molar-refractivity contribution in [2.24, 2.45) is 0 Å². The predicted molar refractivity (Wildman–Crippen MR) is 59.5 cm³/mol. The normalized spacial score (nSPS) is 10.4. The lowest BCUT2D eigenvalue weighted by Gasteiger charge is -2.21. The van der Waals surface area contributed by atoms with E-state index in [0.717, 1.165) is 5.69 Å². The van der Waals surface area contributed by atoms with E-state index in [2.05, 4.69) is 5.32 Å². The summed E-state index contributed by atoms with van der Waals surface area (Å²) >= 11 is 0. The van der Waals surface area contributed by atoms with Crippen LogP contribution >= 0.6 is 0 Å². The fourth-order valence-electron chi connectivity index (χ4n) is 1.53. The van der Waals surface area contributed by atoms with Crippen molar-refractivity contribution in [3.8, 4) is 0 Å². The van der Waals surface area contributed by atoms with Gasteiger partial charge < -0.3 is 15.3 Å². The second-order valence-corrected chi connectivity index (χ2v) is 3.41. The van der Waals surface area contributed by atoms with Gasteiger partial charge in [-0.25, -0.2) is 4.39 Å². The molecule has 0 spiro atoms. The number of rotatable bonds is 5. The van der Waals surface area contributed by atoms with Crippen molar-refractivity contribution in [2.75, 3.05) is 32.1 Å². The highest BCUT2D eigenvalue weighted by Crippen LogP contribution is 2.21. The number of nitrogens with zero attached hydrogens (tertiary/aromatic N) is 1. The highest BCUT2D eigenvalue weighted by Gasteiger charge is 2.10. The molecule has 0 aliphatic heterocycles. The van der Waals surface area contributed by atoms with Gasteiger partial charge in [-0.2, -0.15) is 0 Å². The van der Waals surface area contributed by atoms with E-state index in [4.69, 9.17) is 5.11 Å². The number of hydrogen-bond acceptors (Lipinski definition) is 3. The third kappa shape index (κ3) is 2.91. The average molecular weight is 212 g/mol. The minimum atomic E-state index is -0.216. The standard InChI is InChI=1S/C11H17FN2O/c1-13-8-9-10(12)4-3-5-11(9)14(2)6-7-15/h3-5,13,15H,6-8H2,1-2H3. The molecular formula is C11H17FN2O. The van der Waals surface area contributed by atoms with Crippen molar-refractivity contribution < 1.29 is 9.50 Å².